The van der Waals surface area contributed by atoms with Gasteiger partial charge in [-0.15, -0.1) is 0 Å². The van der Waals surface area contributed by atoms with Gasteiger partial charge in [-0.3, -0.25) is 4.90 Å². The summed E-state index contributed by atoms with van der Waals surface area (Å²) in [5.41, 5.74) is 4.27. The molecule has 0 aliphatic carbocycles. The number of hydrogen-bond donors (Lipinski definition) is 3. The second kappa shape index (κ2) is 6.50. The quantitative estimate of drug-likeness (QED) is 0.744. The van der Waals surface area contributed by atoms with Crippen LogP contribution in [0, 0.1) is 6.92 Å². The lowest BCUT2D eigenvalue weighted by molar-refractivity contribution is 0.126. The van der Waals surface area contributed by atoms with E-state index in [1.165, 1.54) is 9.80 Å². The maximum atomic E-state index is 11.9. The Kier molecular flexibility index (Phi) is 4.14. The van der Waals surface area contributed by atoms with Crippen LogP contribution in [0.4, 0.5) is 26.7 Å². The first-order valence-corrected chi connectivity index (χ1v) is 8.92. The Morgan fingerprint density at radius 3 is 2.48 bits per heavy atom. The molecule has 2 aliphatic rings. The third-order valence-electron chi connectivity index (χ3n) is 5.42. The average molecular weight is 367 g/mol. The molecule has 0 aromatic heterocycles. The topological polar surface area (TPSA) is 93.1 Å². The Balaban J connectivity index is 1.75. The molecule has 4 rings (SSSR count). The molecule has 3 N–H and O–H groups in total. The molecule has 2 atom stereocenters. The molecule has 0 saturated carbocycles. The number of carbonyl (C=O) groups is 2. The normalized spacial score (nSPS) is 20.8. The van der Waals surface area contributed by atoms with Crippen molar-refractivity contribution in [2.75, 3.05) is 23.3 Å². The van der Waals surface area contributed by atoms with E-state index in [0.29, 0.717) is 25.2 Å². The Hall–Kier alpha value is -3.22. The zero-order valence-corrected chi connectivity index (χ0v) is 14.9. The van der Waals surface area contributed by atoms with Gasteiger partial charge >= 0.3 is 12.2 Å². The highest BCUT2D eigenvalue weighted by Gasteiger charge is 2.46. The molecule has 1 fully saturated rings. The molecule has 7 nitrogen and oxygen atoms in total. The van der Waals surface area contributed by atoms with Crippen LogP contribution < -0.4 is 10.2 Å². The summed E-state index contributed by atoms with van der Waals surface area (Å²) < 4.78 is 0. The predicted octanol–water partition coefficient (Wildman–Crippen LogP) is 4.07. The van der Waals surface area contributed by atoms with Crippen LogP contribution in [0.5, 0.6) is 0 Å². The maximum absolute atomic E-state index is 11.9. The summed E-state index contributed by atoms with van der Waals surface area (Å²) in [5.74, 6) is -0.155. The van der Waals surface area contributed by atoms with E-state index in [2.05, 4.69) is 5.32 Å². The Morgan fingerprint density at radius 1 is 1.07 bits per heavy atom. The number of amides is 2. The number of fused-ring (bicyclic) bond motifs is 3. The van der Waals surface area contributed by atoms with E-state index in [4.69, 9.17) is 0 Å². The molecular weight excluding hydrogens is 346 g/mol. The monoisotopic (exact) mass is 367 g/mol. The van der Waals surface area contributed by atoms with Crippen molar-refractivity contribution in [1.29, 1.82) is 0 Å². The fourth-order valence-corrected chi connectivity index (χ4v) is 4.31. The van der Waals surface area contributed by atoms with Gasteiger partial charge in [-0.25, -0.2) is 9.59 Å². The van der Waals surface area contributed by atoms with Crippen molar-refractivity contribution in [3.05, 3.63) is 53.6 Å². The smallest absolute Gasteiger partial charge is 0.412 e. The van der Waals surface area contributed by atoms with Crippen molar-refractivity contribution in [3.63, 3.8) is 0 Å². The number of aryl methyl sites for hydroxylation is 1. The highest BCUT2D eigenvalue weighted by molar-refractivity contribution is 5.93. The number of carboxylic acid groups (broad SMARTS) is 2. The number of piperidine rings is 1. The highest BCUT2D eigenvalue weighted by atomic mass is 16.4. The second-order valence-corrected chi connectivity index (χ2v) is 7.07. The van der Waals surface area contributed by atoms with E-state index in [1.807, 2.05) is 49.4 Å². The van der Waals surface area contributed by atoms with Gasteiger partial charge < -0.3 is 20.4 Å². The average Bonchev–Trinajstić information content (AvgIpc) is 2.97. The minimum atomic E-state index is -0.987. The number of benzene rings is 2. The van der Waals surface area contributed by atoms with Crippen molar-refractivity contribution in [3.8, 4) is 0 Å². The molecule has 2 aromatic carbocycles. The van der Waals surface area contributed by atoms with Gasteiger partial charge in [-0.2, -0.15) is 0 Å². The van der Waals surface area contributed by atoms with Crippen LogP contribution in [-0.4, -0.2) is 46.4 Å². The van der Waals surface area contributed by atoms with Crippen LogP contribution in [0.15, 0.2) is 42.5 Å². The van der Waals surface area contributed by atoms with Crippen molar-refractivity contribution in [2.45, 2.75) is 25.3 Å². The van der Waals surface area contributed by atoms with E-state index in [1.54, 1.807) is 0 Å². The van der Waals surface area contributed by atoms with Gasteiger partial charge in [0.1, 0.15) is 0 Å². The fourth-order valence-electron chi connectivity index (χ4n) is 4.31. The number of nitrogens with zero attached hydrogens (tertiary/aromatic N) is 2. The summed E-state index contributed by atoms with van der Waals surface area (Å²) >= 11 is 0. The maximum Gasteiger partial charge on any atom is 0.412 e. The molecule has 27 heavy (non-hydrogen) atoms. The third kappa shape index (κ3) is 2.95. The zero-order chi connectivity index (χ0) is 19.1. The summed E-state index contributed by atoms with van der Waals surface area (Å²) in [6.45, 7) is 2.56. The molecule has 140 valence electrons. The summed E-state index contributed by atoms with van der Waals surface area (Å²) in [5, 5.41) is 22.5. The van der Waals surface area contributed by atoms with Crippen LogP contribution in [0.1, 0.15) is 23.5 Å². The first-order valence-electron chi connectivity index (χ1n) is 8.92. The molecular formula is C20H21N3O4. The molecule has 2 heterocycles. The lowest BCUT2D eigenvalue weighted by Crippen LogP contribution is -2.49. The number of para-hydroxylation sites is 1. The van der Waals surface area contributed by atoms with Crippen LogP contribution in [0.3, 0.4) is 0 Å². The number of anilines is 3. The van der Waals surface area contributed by atoms with Gasteiger partial charge in [0, 0.05) is 30.4 Å². The third-order valence-corrected chi connectivity index (χ3v) is 5.42. The van der Waals surface area contributed by atoms with E-state index < -0.39 is 12.2 Å². The lowest BCUT2D eigenvalue weighted by atomic mass is 9.88. The van der Waals surface area contributed by atoms with Crippen LogP contribution >= 0.6 is 0 Å². The number of likely N-dealkylation sites (tertiary alicyclic amines) is 1. The minimum Gasteiger partial charge on any atom is -0.465 e. The molecule has 0 spiro atoms. The van der Waals surface area contributed by atoms with E-state index in [9.17, 15) is 19.8 Å². The predicted molar refractivity (Wildman–Crippen MR) is 102 cm³/mol. The summed E-state index contributed by atoms with van der Waals surface area (Å²) in [4.78, 5) is 26.2. The number of hydrogen-bond acceptors (Lipinski definition) is 3. The van der Waals surface area contributed by atoms with Gasteiger partial charge in [0.05, 0.1) is 11.7 Å². The SMILES string of the molecule is Cc1cc(Nc2ccccc2)cc2c1N(C(=O)O)C1CCN(C(=O)O)CC21. The van der Waals surface area contributed by atoms with Crippen molar-refractivity contribution in [1.82, 2.24) is 4.90 Å². The van der Waals surface area contributed by atoms with Gasteiger partial charge in [0.15, 0.2) is 0 Å². The molecule has 2 aromatic rings. The van der Waals surface area contributed by atoms with Gasteiger partial charge in [0.25, 0.3) is 0 Å². The molecule has 0 radical (unpaired) electrons. The Bertz CT molecular complexity index is 900. The van der Waals surface area contributed by atoms with E-state index >= 15 is 0 Å². The minimum absolute atomic E-state index is 0.155. The first-order chi connectivity index (χ1) is 13.0. The Labute approximate surface area is 156 Å². The highest BCUT2D eigenvalue weighted by Crippen LogP contribution is 2.47. The molecule has 2 unspecified atom stereocenters. The van der Waals surface area contributed by atoms with E-state index in [-0.39, 0.29) is 12.0 Å². The van der Waals surface area contributed by atoms with Gasteiger partial charge in [-0.05, 0) is 48.7 Å². The molecule has 2 aliphatic heterocycles. The zero-order valence-electron chi connectivity index (χ0n) is 14.9. The van der Waals surface area contributed by atoms with E-state index in [0.717, 1.165) is 22.5 Å². The molecule has 0 bridgehead atoms. The van der Waals surface area contributed by atoms with Crippen molar-refractivity contribution in [2.24, 2.45) is 0 Å². The van der Waals surface area contributed by atoms with Crippen molar-refractivity contribution < 1.29 is 19.8 Å². The fraction of sp³-hybridized carbons (Fsp3) is 0.300. The van der Waals surface area contributed by atoms with Crippen LogP contribution in [0.25, 0.3) is 0 Å². The second-order valence-electron chi connectivity index (χ2n) is 7.07. The largest absolute Gasteiger partial charge is 0.465 e. The number of nitrogens with one attached hydrogen (secondary N) is 1. The van der Waals surface area contributed by atoms with Gasteiger partial charge in [0.2, 0.25) is 0 Å². The molecule has 7 heteroatoms. The molecule has 1 saturated heterocycles. The standard InChI is InChI=1S/C20H21N3O4/c1-12-9-14(21-13-5-3-2-4-6-13)10-15-16-11-22(19(24)25)8-7-17(16)23(18(12)15)20(26)27/h2-6,9-10,16-17,21H,7-8,11H2,1H3,(H,24,25)(H,26,27). The lowest BCUT2D eigenvalue weighted by Gasteiger charge is -2.35. The first kappa shape index (κ1) is 17.2. The number of rotatable bonds is 2. The summed E-state index contributed by atoms with van der Waals surface area (Å²) in [6.07, 6.45) is -1.45. The van der Waals surface area contributed by atoms with Crippen LogP contribution in [-0.2, 0) is 0 Å². The van der Waals surface area contributed by atoms with Crippen LogP contribution in [0.2, 0.25) is 0 Å². The summed E-state index contributed by atoms with van der Waals surface area (Å²) in [7, 11) is 0. The van der Waals surface area contributed by atoms with Crippen molar-refractivity contribution >= 4 is 29.2 Å². The molecule has 2 amide bonds. The summed E-state index contributed by atoms with van der Waals surface area (Å²) in [6, 6.07) is 13.4. The van der Waals surface area contributed by atoms with Gasteiger partial charge in [-0.1, -0.05) is 18.2 Å². The Morgan fingerprint density at radius 2 is 1.81 bits per heavy atom.